The molecule has 0 saturated carbocycles. The highest BCUT2D eigenvalue weighted by Gasteiger charge is 2.25. The highest BCUT2D eigenvalue weighted by Crippen LogP contribution is 2.30. The molecular formula is C12H20N2OS. The lowest BCUT2D eigenvalue weighted by molar-refractivity contribution is 0.0825. The van der Waals surface area contributed by atoms with Gasteiger partial charge in [0, 0.05) is 18.5 Å². The van der Waals surface area contributed by atoms with E-state index in [-0.39, 0.29) is 0 Å². The van der Waals surface area contributed by atoms with Gasteiger partial charge in [-0.05, 0) is 51.2 Å². The van der Waals surface area contributed by atoms with Crippen molar-refractivity contribution in [3.05, 3.63) is 16.6 Å². The van der Waals surface area contributed by atoms with Gasteiger partial charge in [0.1, 0.15) is 0 Å². The molecule has 0 amide bonds. The first-order valence-electron chi connectivity index (χ1n) is 5.89. The zero-order valence-corrected chi connectivity index (χ0v) is 11.0. The third-order valence-corrected chi connectivity index (χ3v) is 4.33. The summed E-state index contributed by atoms with van der Waals surface area (Å²) < 4.78 is 4.47. The second kappa shape index (κ2) is 4.43. The molecule has 16 heavy (non-hydrogen) atoms. The quantitative estimate of drug-likeness (QED) is 0.833. The minimum absolute atomic E-state index is 0.517. The van der Waals surface area contributed by atoms with Crippen molar-refractivity contribution in [3.63, 3.8) is 0 Å². The molecule has 0 radical (unpaired) electrons. The number of hydrogen-bond donors (Lipinski definition) is 2. The number of nitrogens with zero attached hydrogens (tertiary/aromatic N) is 1. The van der Waals surface area contributed by atoms with Crippen molar-refractivity contribution in [2.75, 3.05) is 6.54 Å². The van der Waals surface area contributed by atoms with Crippen LogP contribution in [0.3, 0.4) is 0 Å². The van der Waals surface area contributed by atoms with Gasteiger partial charge in [0.2, 0.25) is 0 Å². The van der Waals surface area contributed by atoms with Crippen molar-refractivity contribution >= 4 is 11.5 Å². The summed E-state index contributed by atoms with van der Waals surface area (Å²) in [5.74, 6) is 0.517. The molecule has 0 bridgehead atoms. The molecule has 0 aromatic carbocycles. The molecule has 2 atom stereocenters. The lowest BCUT2D eigenvalue weighted by atomic mass is 9.92. The van der Waals surface area contributed by atoms with Crippen molar-refractivity contribution in [1.29, 1.82) is 0 Å². The average Bonchev–Trinajstić information content (AvgIpc) is 2.67. The van der Waals surface area contributed by atoms with Crippen LogP contribution in [0.5, 0.6) is 0 Å². The Hall–Kier alpha value is -0.450. The van der Waals surface area contributed by atoms with Gasteiger partial charge in [0.25, 0.3) is 0 Å². The molecule has 1 aliphatic heterocycles. The lowest BCUT2D eigenvalue weighted by Crippen LogP contribution is -2.35. The Labute approximate surface area is 101 Å². The number of aliphatic hydroxyl groups is 1. The van der Waals surface area contributed by atoms with Crippen molar-refractivity contribution in [2.24, 2.45) is 0 Å². The Bertz CT molecular complexity index is 348. The van der Waals surface area contributed by atoms with Crippen LogP contribution in [0.1, 0.15) is 50.1 Å². The summed E-state index contributed by atoms with van der Waals surface area (Å²) in [5.41, 5.74) is 0.382. The summed E-state index contributed by atoms with van der Waals surface area (Å²) in [4.78, 5) is 0.959. The molecule has 1 aliphatic rings. The van der Waals surface area contributed by atoms with E-state index in [1.165, 1.54) is 24.4 Å². The van der Waals surface area contributed by atoms with Crippen LogP contribution in [0.2, 0.25) is 0 Å². The van der Waals surface area contributed by atoms with Crippen LogP contribution < -0.4 is 5.32 Å². The molecule has 0 aliphatic carbocycles. The smallest absolute Gasteiger partial charge is 0.0948 e. The van der Waals surface area contributed by atoms with Crippen LogP contribution in [-0.4, -0.2) is 22.1 Å². The Morgan fingerprint density at radius 3 is 2.75 bits per heavy atom. The second-order valence-corrected chi connectivity index (χ2v) is 6.06. The molecule has 0 spiro atoms. The molecule has 2 N–H and O–H groups in total. The first-order valence-corrected chi connectivity index (χ1v) is 6.67. The SMILES string of the molecule is C[C@@H]1CCC(c2cc(C(C)(C)O)sn2)CN1. The van der Waals surface area contributed by atoms with Crippen LogP contribution in [-0.2, 0) is 5.60 Å². The van der Waals surface area contributed by atoms with Gasteiger partial charge < -0.3 is 10.4 Å². The summed E-state index contributed by atoms with van der Waals surface area (Å²) >= 11 is 1.42. The van der Waals surface area contributed by atoms with Gasteiger partial charge in [0.15, 0.2) is 0 Å². The molecule has 1 saturated heterocycles. The minimum Gasteiger partial charge on any atom is -0.385 e. The highest BCUT2D eigenvalue weighted by molar-refractivity contribution is 7.06. The van der Waals surface area contributed by atoms with Gasteiger partial charge >= 0.3 is 0 Å². The van der Waals surface area contributed by atoms with Gasteiger partial charge in [-0.1, -0.05) is 0 Å². The second-order valence-electron chi connectivity index (χ2n) is 5.26. The van der Waals surface area contributed by atoms with Crippen molar-refractivity contribution in [3.8, 4) is 0 Å². The van der Waals surface area contributed by atoms with Crippen molar-refractivity contribution in [1.82, 2.24) is 9.69 Å². The van der Waals surface area contributed by atoms with E-state index in [4.69, 9.17) is 0 Å². The summed E-state index contributed by atoms with van der Waals surface area (Å²) in [6.07, 6.45) is 2.41. The molecule has 2 rings (SSSR count). The maximum absolute atomic E-state index is 9.90. The number of hydrogen-bond acceptors (Lipinski definition) is 4. The topological polar surface area (TPSA) is 45.2 Å². The number of aromatic nitrogens is 1. The standard InChI is InChI=1S/C12H20N2OS/c1-8-4-5-9(7-13-8)10-6-11(16-14-10)12(2,3)15/h6,8-9,13,15H,4-5,7H2,1-3H3/t8-,9?/m1/s1. The van der Waals surface area contributed by atoms with Gasteiger partial charge in [-0.25, -0.2) is 0 Å². The van der Waals surface area contributed by atoms with E-state index in [2.05, 4.69) is 22.7 Å². The maximum atomic E-state index is 9.90. The third-order valence-electron chi connectivity index (χ3n) is 3.21. The first-order chi connectivity index (χ1) is 7.47. The molecular weight excluding hydrogens is 220 g/mol. The van der Waals surface area contributed by atoms with E-state index in [1.54, 1.807) is 0 Å². The molecule has 1 unspecified atom stereocenters. The molecule has 4 heteroatoms. The fourth-order valence-corrected chi connectivity index (χ4v) is 2.82. The Morgan fingerprint density at radius 2 is 2.25 bits per heavy atom. The molecule has 90 valence electrons. The largest absolute Gasteiger partial charge is 0.385 e. The zero-order chi connectivity index (χ0) is 11.8. The van der Waals surface area contributed by atoms with Crippen molar-refractivity contribution < 1.29 is 5.11 Å². The van der Waals surface area contributed by atoms with Gasteiger partial charge in [-0.15, -0.1) is 0 Å². The number of piperidine rings is 1. The number of rotatable bonds is 2. The lowest BCUT2D eigenvalue weighted by Gasteiger charge is -2.26. The Balaban J connectivity index is 2.08. The molecule has 1 aromatic rings. The summed E-state index contributed by atoms with van der Waals surface area (Å²) in [7, 11) is 0. The van der Waals surface area contributed by atoms with Crippen LogP contribution in [0.25, 0.3) is 0 Å². The van der Waals surface area contributed by atoms with Crippen LogP contribution in [0.4, 0.5) is 0 Å². The molecule has 1 aromatic heterocycles. The monoisotopic (exact) mass is 240 g/mol. The van der Waals surface area contributed by atoms with E-state index in [0.29, 0.717) is 12.0 Å². The van der Waals surface area contributed by atoms with Crippen molar-refractivity contribution in [2.45, 2.75) is 51.2 Å². The maximum Gasteiger partial charge on any atom is 0.0948 e. The third kappa shape index (κ3) is 2.62. The van der Waals surface area contributed by atoms with Gasteiger partial charge in [-0.2, -0.15) is 4.37 Å². The normalized spacial score (nSPS) is 27.0. The van der Waals surface area contributed by atoms with E-state index in [9.17, 15) is 5.11 Å². The van der Waals surface area contributed by atoms with Crippen LogP contribution in [0.15, 0.2) is 6.07 Å². The highest BCUT2D eigenvalue weighted by atomic mass is 32.1. The van der Waals surface area contributed by atoms with E-state index < -0.39 is 5.60 Å². The van der Waals surface area contributed by atoms with Gasteiger partial charge in [-0.3, -0.25) is 0 Å². The van der Waals surface area contributed by atoms with E-state index >= 15 is 0 Å². The fourth-order valence-electron chi connectivity index (χ4n) is 2.02. The fraction of sp³-hybridized carbons (Fsp3) is 0.750. The van der Waals surface area contributed by atoms with Crippen LogP contribution in [0, 0.1) is 0 Å². The summed E-state index contributed by atoms with van der Waals surface area (Å²) in [6.45, 7) is 6.85. The summed E-state index contributed by atoms with van der Waals surface area (Å²) in [6, 6.07) is 2.69. The Kier molecular flexibility index (Phi) is 3.33. The van der Waals surface area contributed by atoms with E-state index in [0.717, 1.165) is 17.1 Å². The van der Waals surface area contributed by atoms with Gasteiger partial charge in [0.05, 0.1) is 16.2 Å². The molecule has 2 heterocycles. The molecule has 1 fully saturated rings. The van der Waals surface area contributed by atoms with Crippen LogP contribution >= 0.6 is 11.5 Å². The molecule has 3 nitrogen and oxygen atoms in total. The first kappa shape index (κ1) is 12.0. The summed E-state index contributed by atoms with van der Waals surface area (Å²) in [5, 5.41) is 13.4. The number of nitrogens with one attached hydrogen (secondary N) is 1. The zero-order valence-electron chi connectivity index (χ0n) is 10.2. The predicted octanol–water partition coefficient (Wildman–Crippen LogP) is 2.23. The average molecular weight is 240 g/mol. The predicted molar refractivity (Wildman–Crippen MR) is 66.8 cm³/mol. The Morgan fingerprint density at radius 1 is 1.50 bits per heavy atom. The minimum atomic E-state index is -0.759. The van der Waals surface area contributed by atoms with E-state index in [1.807, 2.05) is 13.8 Å².